The Morgan fingerprint density at radius 2 is 1.94 bits per heavy atom. The van der Waals surface area contributed by atoms with Crippen LogP contribution in [0.3, 0.4) is 0 Å². The second kappa shape index (κ2) is 9.49. The summed E-state index contributed by atoms with van der Waals surface area (Å²) in [5.41, 5.74) is 3.41. The zero-order chi connectivity index (χ0) is 22.9. The van der Waals surface area contributed by atoms with Crippen LogP contribution in [-0.2, 0) is 17.1 Å². The lowest BCUT2D eigenvalue weighted by Gasteiger charge is -2.13. The van der Waals surface area contributed by atoms with Crippen LogP contribution in [0, 0.1) is 13.8 Å². The molecule has 1 aliphatic heterocycles. The van der Waals surface area contributed by atoms with E-state index in [0.717, 1.165) is 45.2 Å². The first-order chi connectivity index (χ1) is 15.3. The molecular weight excluding hydrogens is 444 g/mol. The zero-order valence-corrected chi connectivity index (χ0v) is 20.7. The predicted molar refractivity (Wildman–Crippen MR) is 127 cm³/mol. The molecule has 1 N–H and O–H groups in total. The Bertz CT molecular complexity index is 1140. The van der Waals surface area contributed by atoms with Crippen LogP contribution in [0.25, 0.3) is 10.7 Å². The SMILES string of the molecule is Cc1nc(-c2cc(S(=O)(=O)NCCC3=CCCCC3)c(C)n2C)sc1C(=O)N1CCCC1. The number of carbonyl (C=O) groups is 1. The van der Waals surface area contributed by atoms with Gasteiger partial charge in [-0.05, 0) is 64.9 Å². The van der Waals surface area contributed by atoms with E-state index in [1.165, 1.54) is 29.8 Å². The molecule has 1 amide bonds. The molecule has 0 radical (unpaired) electrons. The number of nitrogens with one attached hydrogen (secondary N) is 1. The fourth-order valence-corrected chi connectivity index (χ4v) is 6.88. The average molecular weight is 477 g/mol. The third kappa shape index (κ3) is 4.70. The quantitative estimate of drug-likeness (QED) is 0.608. The second-order valence-corrected chi connectivity index (χ2v) is 11.5. The van der Waals surface area contributed by atoms with Crippen molar-refractivity contribution in [1.29, 1.82) is 0 Å². The monoisotopic (exact) mass is 476 g/mol. The average Bonchev–Trinajstić information content (AvgIpc) is 3.49. The van der Waals surface area contributed by atoms with Crippen molar-refractivity contribution in [2.45, 2.75) is 63.7 Å². The summed E-state index contributed by atoms with van der Waals surface area (Å²) in [7, 11) is -1.79. The molecule has 0 saturated carbocycles. The molecule has 174 valence electrons. The van der Waals surface area contributed by atoms with Crippen LogP contribution in [0.5, 0.6) is 0 Å². The van der Waals surface area contributed by atoms with Gasteiger partial charge in [0.25, 0.3) is 5.91 Å². The van der Waals surface area contributed by atoms with Gasteiger partial charge in [0.15, 0.2) is 0 Å². The van der Waals surface area contributed by atoms with E-state index in [2.05, 4.69) is 15.8 Å². The van der Waals surface area contributed by atoms with Gasteiger partial charge < -0.3 is 9.47 Å². The highest BCUT2D eigenvalue weighted by molar-refractivity contribution is 7.89. The number of hydrogen-bond acceptors (Lipinski definition) is 5. The summed E-state index contributed by atoms with van der Waals surface area (Å²) in [5, 5.41) is 0.671. The number of aryl methyl sites for hydroxylation is 1. The Kier molecular flexibility index (Phi) is 6.88. The molecular formula is C23H32N4O3S2. The number of aromatic nitrogens is 2. The Morgan fingerprint density at radius 3 is 2.62 bits per heavy atom. The Labute approximate surface area is 194 Å². The number of thiazole rings is 1. The van der Waals surface area contributed by atoms with Crippen LogP contribution in [0.2, 0.25) is 0 Å². The van der Waals surface area contributed by atoms with Gasteiger partial charge in [0, 0.05) is 32.4 Å². The Balaban J connectivity index is 1.54. The fourth-order valence-electron chi connectivity index (χ4n) is 4.47. The summed E-state index contributed by atoms with van der Waals surface area (Å²) in [6.07, 6.45) is 9.66. The summed E-state index contributed by atoms with van der Waals surface area (Å²) in [6, 6.07) is 1.68. The molecule has 1 aliphatic carbocycles. The topological polar surface area (TPSA) is 84.3 Å². The van der Waals surface area contributed by atoms with Gasteiger partial charge >= 0.3 is 0 Å². The maximum atomic E-state index is 13.0. The minimum absolute atomic E-state index is 0.0289. The molecule has 0 atom stereocenters. The number of amides is 1. The van der Waals surface area contributed by atoms with E-state index >= 15 is 0 Å². The van der Waals surface area contributed by atoms with Crippen molar-refractivity contribution in [3.05, 3.63) is 34.0 Å². The van der Waals surface area contributed by atoms with E-state index in [0.29, 0.717) is 33.5 Å². The number of nitrogens with zero attached hydrogens (tertiary/aromatic N) is 3. The van der Waals surface area contributed by atoms with Crippen molar-refractivity contribution in [2.24, 2.45) is 7.05 Å². The number of likely N-dealkylation sites (tertiary alicyclic amines) is 1. The van der Waals surface area contributed by atoms with Crippen molar-refractivity contribution in [3.8, 4) is 10.7 Å². The zero-order valence-electron chi connectivity index (χ0n) is 19.1. The van der Waals surface area contributed by atoms with Gasteiger partial charge in [-0.1, -0.05) is 11.6 Å². The molecule has 9 heteroatoms. The molecule has 1 fully saturated rings. The highest BCUT2D eigenvalue weighted by atomic mass is 32.2. The van der Waals surface area contributed by atoms with Crippen molar-refractivity contribution in [3.63, 3.8) is 0 Å². The van der Waals surface area contributed by atoms with E-state index < -0.39 is 10.0 Å². The summed E-state index contributed by atoms with van der Waals surface area (Å²) in [5.74, 6) is 0.0289. The molecule has 4 rings (SSSR count). The number of carbonyl (C=O) groups excluding carboxylic acids is 1. The second-order valence-electron chi connectivity index (χ2n) is 8.73. The molecule has 2 aromatic heterocycles. The van der Waals surface area contributed by atoms with E-state index in [4.69, 9.17) is 0 Å². The summed E-state index contributed by atoms with van der Waals surface area (Å²) < 4.78 is 30.7. The van der Waals surface area contributed by atoms with Crippen LogP contribution in [0.15, 0.2) is 22.6 Å². The van der Waals surface area contributed by atoms with Gasteiger partial charge in [0.2, 0.25) is 10.0 Å². The molecule has 2 aromatic rings. The van der Waals surface area contributed by atoms with Gasteiger partial charge in [-0.3, -0.25) is 4.79 Å². The molecule has 0 unspecified atom stereocenters. The molecule has 0 spiro atoms. The van der Waals surface area contributed by atoms with Crippen LogP contribution in [-0.4, -0.2) is 48.4 Å². The highest BCUT2D eigenvalue weighted by Crippen LogP contribution is 2.33. The third-order valence-electron chi connectivity index (χ3n) is 6.50. The standard InChI is InChI=1S/C23H32N4O3S2/c1-16-21(23(28)27-13-7-8-14-27)31-22(25-16)19-15-20(17(2)26(19)3)32(29,30)24-12-11-18-9-5-4-6-10-18/h9,15,24H,4-8,10-14H2,1-3H3. The molecule has 32 heavy (non-hydrogen) atoms. The summed E-state index contributed by atoms with van der Waals surface area (Å²) in [4.78, 5) is 20.3. The van der Waals surface area contributed by atoms with Crippen molar-refractivity contribution in [2.75, 3.05) is 19.6 Å². The van der Waals surface area contributed by atoms with Crippen LogP contribution < -0.4 is 4.72 Å². The van der Waals surface area contributed by atoms with E-state index in [9.17, 15) is 13.2 Å². The third-order valence-corrected chi connectivity index (χ3v) is 9.25. The Hall–Kier alpha value is -1.97. The predicted octanol–water partition coefficient (Wildman–Crippen LogP) is 4.17. The maximum absolute atomic E-state index is 13.0. The Morgan fingerprint density at radius 1 is 1.19 bits per heavy atom. The molecule has 7 nitrogen and oxygen atoms in total. The molecule has 0 bridgehead atoms. The van der Waals surface area contributed by atoms with Gasteiger partial charge in [-0.2, -0.15) is 0 Å². The lowest BCUT2D eigenvalue weighted by molar-refractivity contribution is 0.0796. The van der Waals surface area contributed by atoms with Crippen molar-refractivity contribution >= 4 is 27.3 Å². The van der Waals surface area contributed by atoms with Gasteiger partial charge in [-0.25, -0.2) is 18.1 Å². The first-order valence-corrected chi connectivity index (χ1v) is 13.7. The molecule has 2 aliphatic rings. The first-order valence-electron chi connectivity index (χ1n) is 11.4. The first kappa shape index (κ1) is 23.2. The number of rotatable bonds is 7. The minimum Gasteiger partial charge on any atom is -0.345 e. The number of hydrogen-bond donors (Lipinski definition) is 1. The lowest BCUT2D eigenvalue weighted by Crippen LogP contribution is -2.27. The van der Waals surface area contributed by atoms with Crippen molar-refractivity contribution < 1.29 is 13.2 Å². The number of allylic oxidation sites excluding steroid dienone is 1. The fraction of sp³-hybridized carbons (Fsp3) is 0.565. The molecule has 0 aromatic carbocycles. The minimum atomic E-state index is -3.63. The van der Waals surface area contributed by atoms with Gasteiger partial charge in [0.05, 0.1) is 11.4 Å². The normalized spacial score (nSPS) is 17.1. The van der Waals surface area contributed by atoms with Gasteiger partial charge in [-0.15, -0.1) is 11.3 Å². The summed E-state index contributed by atoms with van der Waals surface area (Å²) in [6.45, 7) is 5.64. The van der Waals surface area contributed by atoms with E-state index in [1.807, 2.05) is 23.4 Å². The van der Waals surface area contributed by atoms with E-state index in [1.54, 1.807) is 13.0 Å². The smallest absolute Gasteiger partial charge is 0.265 e. The van der Waals surface area contributed by atoms with Crippen molar-refractivity contribution in [1.82, 2.24) is 19.2 Å². The largest absolute Gasteiger partial charge is 0.345 e. The van der Waals surface area contributed by atoms with Crippen LogP contribution in [0.4, 0.5) is 0 Å². The molecule has 1 saturated heterocycles. The maximum Gasteiger partial charge on any atom is 0.265 e. The van der Waals surface area contributed by atoms with Crippen LogP contribution in [0.1, 0.15) is 66.0 Å². The van der Waals surface area contributed by atoms with E-state index in [-0.39, 0.29) is 10.8 Å². The van der Waals surface area contributed by atoms with Crippen LogP contribution >= 0.6 is 11.3 Å². The number of sulfonamides is 1. The lowest BCUT2D eigenvalue weighted by atomic mass is 9.97. The summed E-state index contributed by atoms with van der Waals surface area (Å²) >= 11 is 1.35. The van der Waals surface area contributed by atoms with Gasteiger partial charge in [0.1, 0.15) is 14.8 Å². The molecule has 3 heterocycles. The highest BCUT2D eigenvalue weighted by Gasteiger charge is 2.27.